The highest BCUT2D eigenvalue weighted by molar-refractivity contribution is 5.96. The normalized spacial score (nSPS) is 20.0. The predicted octanol–water partition coefficient (Wildman–Crippen LogP) is 6.47. The molecule has 5 aliphatic heterocycles. The first-order chi connectivity index (χ1) is 34.2. The number of piperidine rings is 3. The number of nitrogens with one attached hydrogen (secondary N) is 4. The number of aromatic amines is 2. The molecule has 2 spiro atoms. The van der Waals surface area contributed by atoms with E-state index in [1.165, 1.54) is 30.9 Å². The minimum atomic E-state index is -0.994. The highest BCUT2D eigenvalue weighted by Crippen LogP contribution is 2.49. The van der Waals surface area contributed by atoms with Gasteiger partial charge in [0.1, 0.15) is 5.60 Å². The number of aromatic nitrogens is 4. The Balaban J connectivity index is 0.000000164. The average Bonchev–Trinajstić information content (AvgIpc) is 3.88. The molecule has 0 radical (unpaired) electrons. The van der Waals surface area contributed by atoms with E-state index in [1.807, 2.05) is 26.8 Å². The van der Waals surface area contributed by atoms with E-state index in [0.29, 0.717) is 50.7 Å². The molecule has 7 aliphatic rings. The summed E-state index contributed by atoms with van der Waals surface area (Å²) < 4.78 is 5.66. The van der Waals surface area contributed by atoms with E-state index < -0.39 is 17.7 Å². The van der Waals surface area contributed by atoms with Crippen LogP contribution in [0.4, 0.5) is 28.1 Å². The molecule has 2 aromatic carbocycles. The van der Waals surface area contributed by atoms with Crippen molar-refractivity contribution in [2.24, 2.45) is 0 Å². The van der Waals surface area contributed by atoms with Crippen LogP contribution in [0.2, 0.25) is 0 Å². The molecule has 7 heterocycles. The molecule has 71 heavy (non-hydrogen) atoms. The summed E-state index contributed by atoms with van der Waals surface area (Å²) in [7, 11) is 0. The van der Waals surface area contributed by atoms with Gasteiger partial charge in [0.05, 0.1) is 22.6 Å². The van der Waals surface area contributed by atoms with Gasteiger partial charge in [0.15, 0.2) is 0 Å². The van der Waals surface area contributed by atoms with Gasteiger partial charge in [-0.3, -0.25) is 29.3 Å². The summed E-state index contributed by atoms with van der Waals surface area (Å²) in [5.41, 5.74) is 7.52. The second-order valence-corrected chi connectivity index (χ2v) is 22.0. The van der Waals surface area contributed by atoms with Crippen LogP contribution in [0.15, 0.2) is 46.0 Å². The third-order valence-electron chi connectivity index (χ3n) is 16.2. The number of carboxylic acids is 1. The number of benzene rings is 2. The van der Waals surface area contributed by atoms with Gasteiger partial charge in [-0.15, -0.1) is 0 Å². The van der Waals surface area contributed by atoms with Crippen LogP contribution in [0, 0.1) is 0 Å². The number of amides is 2. The number of carboxylic acid groups (broad SMARTS) is 1. The Labute approximate surface area is 415 Å². The Bertz CT molecular complexity index is 2790. The molecular weight excluding hydrogens is 901 g/mol. The SMILES string of the molecule is CC(C)(C)OC(=O)N1CC2(CCN(c3nc4c(c(=O)[nH]3)CCCC4)CC2)c2cc(C(=O)O)ccc21.O=C(NCCN1CCCCC1)c1ccc2c(c1)C1(CCN(c3nc4c(c(=O)[nH]3)CCCC4)CC1)CN2. The Morgan fingerprint density at radius 1 is 0.704 bits per heavy atom. The molecule has 2 aromatic heterocycles. The lowest BCUT2D eigenvalue weighted by Crippen LogP contribution is -2.47. The molecule has 11 rings (SSSR count). The number of carbonyl (C=O) groups excluding carboxylic acids is 2. The number of anilines is 4. The topological polar surface area (TPSA) is 209 Å². The largest absolute Gasteiger partial charge is 0.478 e. The molecule has 0 unspecified atom stereocenters. The van der Waals surface area contributed by atoms with Crippen molar-refractivity contribution < 1.29 is 24.2 Å². The van der Waals surface area contributed by atoms with Crippen molar-refractivity contribution in [1.29, 1.82) is 0 Å². The van der Waals surface area contributed by atoms with Gasteiger partial charge in [-0.25, -0.2) is 19.6 Å². The zero-order chi connectivity index (χ0) is 49.5. The van der Waals surface area contributed by atoms with E-state index in [9.17, 15) is 29.1 Å². The van der Waals surface area contributed by atoms with Crippen molar-refractivity contribution in [3.63, 3.8) is 0 Å². The second-order valence-electron chi connectivity index (χ2n) is 22.0. The predicted molar refractivity (Wildman–Crippen MR) is 274 cm³/mol. The summed E-state index contributed by atoms with van der Waals surface area (Å²) in [5.74, 6) is 0.354. The number of H-pyrrole nitrogens is 2. The van der Waals surface area contributed by atoms with Crippen LogP contribution in [-0.2, 0) is 41.3 Å². The summed E-state index contributed by atoms with van der Waals surface area (Å²) in [6.07, 6.45) is 14.4. The lowest BCUT2D eigenvalue weighted by Gasteiger charge is -2.40. The average molecular weight is 971 g/mol. The fourth-order valence-electron chi connectivity index (χ4n) is 12.2. The molecule has 17 nitrogen and oxygen atoms in total. The number of aryl methyl sites for hydroxylation is 2. The van der Waals surface area contributed by atoms with Crippen molar-refractivity contribution in [3.8, 4) is 0 Å². The number of aromatic carboxylic acids is 1. The number of hydrogen-bond donors (Lipinski definition) is 5. The van der Waals surface area contributed by atoms with E-state index in [1.54, 1.807) is 17.0 Å². The van der Waals surface area contributed by atoms with Gasteiger partial charge in [-0.2, -0.15) is 0 Å². The lowest BCUT2D eigenvalue weighted by atomic mass is 9.74. The minimum Gasteiger partial charge on any atom is -0.478 e. The van der Waals surface area contributed by atoms with Crippen LogP contribution < -0.4 is 36.5 Å². The van der Waals surface area contributed by atoms with E-state index in [4.69, 9.17) is 14.7 Å². The summed E-state index contributed by atoms with van der Waals surface area (Å²) in [6, 6.07) is 11.1. The first kappa shape index (κ1) is 48.4. The monoisotopic (exact) mass is 971 g/mol. The van der Waals surface area contributed by atoms with Crippen LogP contribution >= 0.6 is 0 Å². The summed E-state index contributed by atoms with van der Waals surface area (Å²) in [5, 5.41) is 16.3. The van der Waals surface area contributed by atoms with E-state index in [-0.39, 0.29) is 33.4 Å². The maximum atomic E-state index is 13.1. The molecular formula is C54H70N10O7. The molecule has 3 fully saturated rings. The van der Waals surface area contributed by atoms with Gasteiger partial charge in [-0.1, -0.05) is 6.42 Å². The second kappa shape index (κ2) is 19.8. The fourth-order valence-corrected chi connectivity index (χ4v) is 12.2. The van der Waals surface area contributed by atoms with Crippen LogP contribution in [0.25, 0.3) is 0 Å². The number of rotatable bonds is 7. The molecule has 0 saturated carbocycles. The first-order valence-corrected chi connectivity index (χ1v) is 26.2. The van der Waals surface area contributed by atoms with E-state index >= 15 is 0 Å². The Kier molecular flexibility index (Phi) is 13.5. The van der Waals surface area contributed by atoms with Crippen molar-refractivity contribution in [2.45, 2.75) is 134 Å². The van der Waals surface area contributed by atoms with Gasteiger partial charge in [0.2, 0.25) is 11.9 Å². The van der Waals surface area contributed by atoms with Crippen LogP contribution in [0.3, 0.4) is 0 Å². The van der Waals surface area contributed by atoms with Crippen LogP contribution in [0.5, 0.6) is 0 Å². The fraction of sp³-hybridized carbons (Fsp3) is 0.574. The quantitative estimate of drug-likeness (QED) is 0.135. The Morgan fingerprint density at radius 2 is 1.27 bits per heavy atom. The molecule has 5 N–H and O–H groups in total. The Hall–Kier alpha value is -6.23. The number of carbonyl (C=O) groups is 3. The van der Waals surface area contributed by atoms with Crippen molar-refractivity contribution in [1.82, 2.24) is 30.2 Å². The van der Waals surface area contributed by atoms with Crippen molar-refractivity contribution in [2.75, 3.05) is 85.5 Å². The van der Waals surface area contributed by atoms with Gasteiger partial charge in [0, 0.05) is 85.6 Å². The number of ether oxygens (including phenoxy) is 1. The maximum absolute atomic E-state index is 13.1. The summed E-state index contributed by atoms with van der Waals surface area (Å²) >= 11 is 0. The number of hydrogen-bond acceptors (Lipinski definition) is 12. The van der Waals surface area contributed by atoms with Gasteiger partial charge >= 0.3 is 12.1 Å². The standard InChI is InChI=1S/C28H38N6O2.C26H32N4O5/c35-25(29-12-17-33-13-4-1-5-14-33)20-8-9-24-22(18-20)28(19-30-24)10-15-34(16-11-28)27-31-23-7-3-2-6-21(23)26(36)32-27;1-25(2,3)35-24(34)30-15-26(18-14-16(22(32)33)8-9-20(18)30)10-12-29(13-11-26)23-27-19-7-5-4-6-17(19)21(31)28-23/h8-9,18,30H,1-7,10-17,19H2,(H,29,35)(H,31,32,36);8-9,14H,4-7,10-13,15H2,1-3H3,(H,32,33)(H,27,28,31). The molecule has 378 valence electrons. The molecule has 0 atom stereocenters. The van der Waals surface area contributed by atoms with Crippen LogP contribution in [-0.4, -0.2) is 119 Å². The third-order valence-corrected chi connectivity index (χ3v) is 16.2. The van der Waals surface area contributed by atoms with Crippen molar-refractivity contribution >= 4 is 41.2 Å². The van der Waals surface area contributed by atoms with Crippen molar-refractivity contribution in [3.05, 3.63) is 102 Å². The highest BCUT2D eigenvalue weighted by atomic mass is 16.6. The highest BCUT2D eigenvalue weighted by Gasteiger charge is 2.48. The molecule has 17 heteroatoms. The summed E-state index contributed by atoms with van der Waals surface area (Å²) in [6.45, 7) is 13.7. The number of nitrogens with zero attached hydrogens (tertiary/aromatic N) is 6. The number of likely N-dealkylation sites (tertiary alicyclic amines) is 1. The zero-order valence-electron chi connectivity index (χ0n) is 41.7. The first-order valence-electron chi connectivity index (χ1n) is 26.2. The molecule has 0 bridgehead atoms. The third kappa shape index (κ3) is 10.0. The minimum absolute atomic E-state index is 0.0183. The molecule has 2 amide bonds. The maximum Gasteiger partial charge on any atom is 0.414 e. The van der Waals surface area contributed by atoms with Gasteiger partial charge < -0.3 is 35.2 Å². The van der Waals surface area contributed by atoms with E-state index in [2.05, 4.69) is 47.4 Å². The smallest absolute Gasteiger partial charge is 0.414 e. The zero-order valence-corrected chi connectivity index (χ0v) is 41.7. The van der Waals surface area contributed by atoms with Crippen LogP contribution in [0.1, 0.15) is 146 Å². The lowest BCUT2D eigenvalue weighted by molar-refractivity contribution is 0.0575. The molecule has 2 aliphatic carbocycles. The number of fused-ring (bicyclic) bond motifs is 6. The summed E-state index contributed by atoms with van der Waals surface area (Å²) in [4.78, 5) is 87.1. The molecule has 4 aromatic rings. The van der Waals surface area contributed by atoms with E-state index in [0.717, 1.165) is 149 Å². The van der Waals surface area contributed by atoms with Gasteiger partial charge in [-0.05, 0) is 171 Å². The van der Waals surface area contributed by atoms with Gasteiger partial charge in [0.25, 0.3) is 17.0 Å². The molecule has 3 saturated heterocycles. The Morgan fingerprint density at radius 3 is 1.86 bits per heavy atom.